The van der Waals surface area contributed by atoms with E-state index in [0.717, 1.165) is 11.3 Å². The SMILES string of the molecule is O=C(c1ccco1)[C@H]1[C@H]2C(=O)N(c3ccc(Cl)cc3)C(=O)[C@H]2[C@@H]2C=Cc3ccccc3N21. The lowest BCUT2D eigenvalue weighted by atomic mass is 9.87. The van der Waals surface area contributed by atoms with Crippen molar-refractivity contribution in [3.8, 4) is 0 Å². The van der Waals surface area contributed by atoms with E-state index in [0.29, 0.717) is 10.7 Å². The summed E-state index contributed by atoms with van der Waals surface area (Å²) in [5.41, 5.74) is 2.23. The van der Waals surface area contributed by atoms with Crippen LogP contribution >= 0.6 is 11.6 Å². The van der Waals surface area contributed by atoms with Gasteiger partial charge in [0.2, 0.25) is 17.6 Å². The number of hydrogen-bond donors (Lipinski definition) is 0. The maximum Gasteiger partial charge on any atom is 0.240 e. The molecule has 3 aliphatic rings. The van der Waals surface area contributed by atoms with Crippen molar-refractivity contribution in [2.24, 2.45) is 11.8 Å². The lowest BCUT2D eigenvalue weighted by Crippen LogP contribution is -2.48. The number of benzene rings is 2. The average molecular weight is 445 g/mol. The number of anilines is 2. The number of rotatable bonds is 3. The quantitative estimate of drug-likeness (QED) is 0.447. The van der Waals surface area contributed by atoms with Crippen molar-refractivity contribution in [1.29, 1.82) is 0 Å². The Morgan fingerprint density at radius 1 is 0.906 bits per heavy atom. The standard InChI is InChI=1S/C25H17ClN2O4/c26-15-8-10-16(11-9-15)27-24(30)20-18-12-7-14-4-1-2-5-17(14)28(18)22(21(20)25(27)31)23(29)19-6-3-13-32-19/h1-13,18,20-22H/t18-,20-,21-,22+/m0/s1. The maximum atomic E-state index is 13.7. The van der Waals surface area contributed by atoms with Crippen LogP contribution in [0, 0.1) is 11.8 Å². The van der Waals surface area contributed by atoms with E-state index in [1.807, 2.05) is 41.3 Å². The fourth-order valence-corrected chi connectivity index (χ4v) is 5.35. The van der Waals surface area contributed by atoms with Crippen molar-refractivity contribution in [1.82, 2.24) is 0 Å². The molecule has 0 aliphatic carbocycles. The molecule has 2 amide bonds. The maximum absolute atomic E-state index is 13.7. The summed E-state index contributed by atoms with van der Waals surface area (Å²) in [6.07, 6.45) is 5.31. The van der Waals surface area contributed by atoms with Crippen LogP contribution in [-0.4, -0.2) is 29.7 Å². The summed E-state index contributed by atoms with van der Waals surface area (Å²) in [4.78, 5) is 44.0. The Balaban J connectivity index is 1.50. The van der Waals surface area contributed by atoms with Crippen molar-refractivity contribution >= 4 is 46.6 Å². The summed E-state index contributed by atoms with van der Waals surface area (Å²) in [5.74, 6) is -2.32. The third-order valence-electron chi connectivity index (χ3n) is 6.53. The molecule has 0 spiro atoms. The van der Waals surface area contributed by atoms with Crippen molar-refractivity contribution in [2.45, 2.75) is 12.1 Å². The molecule has 0 unspecified atom stereocenters. The lowest BCUT2D eigenvalue weighted by Gasteiger charge is -2.36. The molecule has 0 bridgehead atoms. The van der Waals surface area contributed by atoms with E-state index < -0.39 is 23.9 Å². The molecule has 3 aliphatic heterocycles. The second-order valence-corrected chi connectivity index (χ2v) is 8.58. The van der Waals surface area contributed by atoms with Crippen LogP contribution in [0.2, 0.25) is 5.02 Å². The van der Waals surface area contributed by atoms with Crippen molar-refractivity contribution in [3.63, 3.8) is 0 Å². The fraction of sp³-hybridized carbons (Fsp3) is 0.160. The van der Waals surface area contributed by atoms with Crippen LogP contribution in [0.3, 0.4) is 0 Å². The van der Waals surface area contributed by atoms with Crippen LogP contribution in [0.15, 0.2) is 77.4 Å². The van der Waals surface area contributed by atoms with Gasteiger partial charge in [0.15, 0.2) is 5.76 Å². The van der Waals surface area contributed by atoms with Gasteiger partial charge in [-0.15, -0.1) is 0 Å². The number of para-hydroxylation sites is 1. The second kappa shape index (κ2) is 6.93. The molecule has 6 rings (SSSR count). The van der Waals surface area contributed by atoms with Gasteiger partial charge in [0.05, 0.1) is 29.8 Å². The monoisotopic (exact) mass is 444 g/mol. The molecule has 4 heterocycles. The Labute approximate surface area is 188 Å². The highest BCUT2D eigenvalue weighted by molar-refractivity contribution is 6.31. The smallest absolute Gasteiger partial charge is 0.240 e. The Morgan fingerprint density at radius 3 is 2.41 bits per heavy atom. The van der Waals surface area contributed by atoms with Gasteiger partial charge in [-0.3, -0.25) is 14.4 Å². The highest BCUT2D eigenvalue weighted by Crippen LogP contribution is 2.49. The number of nitrogens with zero attached hydrogens (tertiary/aromatic N) is 2. The first kappa shape index (κ1) is 19.1. The molecule has 2 saturated heterocycles. The van der Waals surface area contributed by atoms with E-state index >= 15 is 0 Å². The molecule has 2 fully saturated rings. The van der Waals surface area contributed by atoms with E-state index in [9.17, 15) is 14.4 Å². The predicted molar refractivity (Wildman–Crippen MR) is 119 cm³/mol. The van der Waals surface area contributed by atoms with E-state index in [4.69, 9.17) is 16.0 Å². The number of ketones is 1. The normalized spacial score (nSPS) is 25.7. The lowest BCUT2D eigenvalue weighted by molar-refractivity contribution is -0.122. The summed E-state index contributed by atoms with van der Waals surface area (Å²) in [7, 11) is 0. The van der Waals surface area contributed by atoms with Crippen molar-refractivity contribution in [2.75, 3.05) is 9.80 Å². The summed E-state index contributed by atoms with van der Waals surface area (Å²) < 4.78 is 5.39. The summed E-state index contributed by atoms with van der Waals surface area (Å²) in [5, 5.41) is 0.511. The van der Waals surface area contributed by atoms with Crippen LogP contribution in [-0.2, 0) is 9.59 Å². The largest absolute Gasteiger partial charge is 0.461 e. The second-order valence-electron chi connectivity index (χ2n) is 8.14. The number of halogens is 1. The first-order chi connectivity index (χ1) is 15.6. The van der Waals surface area contributed by atoms with Gasteiger partial charge < -0.3 is 9.32 Å². The molecule has 0 saturated carbocycles. The van der Waals surface area contributed by atoms with E-state index in [2.05, 4.69) is 0 Å². The molecule has 1 aromatic heterocycles. The number of amides is 2. The first-order valence-corrected chi connectivity index (χ1v) is 10.7. The molecule has 0 N–H and O–H groups in total. The van der Waals surface area contributed by atoms with Crippen molar-refractivity contribution < 1.29 is 18.8 Å². The first-order valence-electron chi connectivity index (χ1n) is 10.3. The molecule has 0 radical (unpaired) electrons. The van der Waals surface area contributed by atoms with Gasteiger partial charge in [-0.2, -0.15) is 0 Å². The van der Waals surface area contributed by atoms with Gasteiger partial charge in [-0.05, 0) is 48.0 Å². The molecule has 2 aromatic carbocycles. The minimum atomic E-state index is -0.851. The van der Waals surface area contributed by atoms with Crippen LogP contribution in [0.4, 0.5) is 11.4 Å². The molecule has 4 atom stereocenters. The average Bonchev–Trinajstić information content (AvgIpc) is 3.51. The summed E-state index contributed by atoms with van der Waals surface area (Å²) >= 11 is 5.99. The van der Waals surface area contributed by atoms with Gasteiger partial charge in [0, 0.05) is 10.7 Å². The number of imide groups is 1. The number of carbonyl (C=O) groups excluding carboxylic acids is 3. The number of Topliss-reactive ketones (excluding diaryl/α,β-unsaturated/α-hetero) is 1. The highest BCUT2D eigenvalue weighted by Gasteiger charge is 2.64. The van der Waals surface area contributed by atoms with Gasteiger partial charge in [0.25, 0.3) is 0 Å². The topological polar surface area (TPSA) is 70.8 Å². The Kier molecular flexibility index (Phi) is 4.13. The van der Waals surface area contributed by atoms with Gasteiger partial charge >= 0.3 is 0 Å². The van der Waals surface area contributed by atoms with Gasteiger partial charge in [-0.1, -0.05) is 42.0 Å². The van der Waals surface area contributed by atoms with Crippen molar-refractivity contribution in [3.05, 3.63) is 89.3 Å². The van der Waals surface area contributed by atoms with Crippen LogP contribution in [0.5, 0.6) is 0 Å². The number of fused-ring (bicyclic) bond motifs is 5. The molecule has 7 heteroatoms. The molecule has 32 heavy (non-hydrogen) atoms. The minimum absolute atomic E-state index is 0.173. The summed E-state index contributed by atoms with van der Waals surface area (Å²) in [6, 6.07) is 16.2. The Morgan fingerprint density at radius 2 is 1.66 bits per heavy atom. The highest BCUT2D eigenvalue weighted by atomic mass is 35.5. The van der Waals surface area contributed by atoms with E-state index in [1.54, 1.807) is 36.4 Å². The van der Waals surface area contributed by atoms with Crippen LogP contribution < -0.4 is 9.80 Å². The molecule has 3 aromatic rings. The zero-order chi connectivity index (χ0) is 22.0. The van der Waals surface area contributed by atoms with E-state index in [1.165, 1.54) is 11.2 Å². The molecule has 6 nitrogen and oxygen atoms in total. The Bertz CT molecular complexity index is 1280. The molecule has 158 valence electrons. The van der Waals surface area contributed by atoms with E-state index in [-0.39, 0.29) is 23.4 Å². The van der Waals surface area contributed by atoms with Crippen LogP contribution in [0.25, 0.3) is 6.08 Å². The summed E-state index contributed by atoms with van der Waals surface area (Å²) in [6.45, 7) is 0. The minimum Gasteiger partial charge on any atom is -0.461 e. The Hall–Kier alpha value is -3.64. The third-order valence-corrected chi connectivity index (χ3v) is 6.78. The zero-order valence-corrected chi connectivity index (χ0v) is 17.5. The van der Waals surface area contributed by atoms with Gasteiger partial charge in [0.1, 0.15) is 6.04 Å². The number of carbonyl (C=O) groups is 3. The van der Waals surface area contributed by atoms with Crippen LogP contribution in [0.1, 0.15) is 16.1 Å². The van der Waals surface area contributed by atoms with Gasteiger partial charge in [-0.25, -0.2) is 4.90 Å². The number of furan rings is 1. The fourth-order valence-electron chi connectivity index (χ4n) is 5.22. The number of hydrogen-bond acceptors (Lipinski definition) is 5. The zero-order valence-electron chi connectivity index (χ0n) is 16.7. The molecular formula is C25H17ClN2O4. The predicted octanol–water partition coefficient (Wildman–Crippen LogP) is 4.21. The third kappa shape index (κ3) is 2.56. The molecular weight excluding hydrogens is 428 g/mol.